The number of nitrogens with two attached hydrogens (primary N) is 1. The maximum atomic E-state index is 9.16. The van der Waals surface area contributed by atoms with E-state index in [9.17, 15) is 0 Å². The molecular weight excluding hydrogens is 250 g/mol. The standard InChI is InChI=1S/C9H14BrNOS/c1-9(2,5-12)8(11)6-3-13-4-7(6)10/h3-4,8,12H,5,11H2,1-2H3. The van der Waals surface area contributed by atoms with E-state index in [2.05, 4.69) is 15.9 Å². The second-order valence-corrected chi connectivity index (χ2v) is 5.40. The Hall–Kier alpha value is 0.100. The van der Waals surface area contributed by atoms with Crippen LogP contribution < -0.4 is 5.73 Å². The fourth-order valence-electron chi connectivity index (χ4n) is 1.03. The Balaban J connectivity index is 2.91. The molecule has 1 unspecified atom stereocenters. The van der Waals surface area contributed by atoms with Crippen LogP contribution in [0.5, 0.6) is 0 Å². The third-order valence-corrected chi connectivity index (χ3v) is 3.98. The Labute approximate surface area is 90.9 Å². The molecule has 3 N–H and O–H groups in total. The summed E-state index contributed by atoms with van der Waals surface area (Å²) in [7, 11) is 0. The first-order valence-corrected chi connectivity index (χ1v) is 5.80. The van der Waals surface area contributed by atoms with Crippen LogP contribution in [0.2, 0.25) is 0 Å². The zero-order valence-electron chi connectivity index (χ0n) is 7.75. The number of rotatable bonds is 3. The fraction of sp³-hybridized carbons (Fsp3) is 0.556. The molecule has 0 saturated carbocycles. The van der Waals surface area contributed by atoms with Gasteiger partial charge >= 0.3 is 0 Å². The van der Waals surface area contributed by atoms with Gasteiger partial charge in [0.1, 0.15) is 0 Å². The van der Waals surface area contributed by atoms with Crippen LogP contribution in [0.25, 0.3) is 0 Å². The van der Waals surface area contributed by atoms with Crippen molar-refractivity contribution in [2.24, 2.45) is 11.1 Å². The highest BCUT2D eigenvalue weighted by Crippen LogP contribution is 2.36. The Bertz CT molecular complexity index is 285. The van der Waals surface area contributed by atoms with Gasteiger partial charge in [0.05, 0.1) is 0 Å². The molecule has 1 heterocycles. The van der Waals surface area contributed by atoms with Crippen LogP contribution in [0, 0.1) is 5.41 Å². The molecule has 0 radical (unpaired) electrons. The molecule has 1 aromatic heterocycles. The highest BCUT2D eigenvalue weighted by Gasteiger charge is 2.28. The van der Waals surface area contributed by atoms with E-state index >= 15 is 0 Å². The molecule has 74 valence electrons. The lowest BCUT2D eigenvalue weighted by Crippen LogP contribution is -2.32. The second kappa shape index (κ2) is 4.09. The molecule has 1 rings (SSSR count). The molecule has 13 heavy (non-hydrogen) atoms. The highest BCUT2D eigenvalue weighted by atomic mass is 79.9. The van der Waals surface area contributed by atoms with Crippen molar-refractivity contribution in [2.45, 2.75) is 19.9 Å². The smallest absolute Gasteiger partial charge is 0.0500 e. The third-order valence-electron chi connectivity index (χ3n) is 2.23. The molecule has 0 aliphatic rings. The minimum absolute atomic E-state index is 0.0937. The number of thiophene rings is 1. The van der Waals surface area contributed by atoms with Gasteiger partial charge in [-0.25, -0.2) is 0 Å². The number of aliphatic hydroxyl groups is 1. The number of hydrogen-bond donors (Lipinski definition) is 2. The second-order valence-electron chi connectivity index (χ2n) is 3.80. The molecule has 0 aliphatic heterocycles. The van der Waals surface area contributed by atoms with E-state index in [-0.39, 0.29) is 18.1 Å². The van der Waals surface area contributed by atoms with Gasteiger partial charge in [0.15, 0.2) is 0 Å². The Morgan fingerprint density at radius 2 is 2.23 bits per heavy atom. The fourth-order valence-corrected chi connectivity index (χ4v) is 2.61. The van der Waals surface area contributed by atoms with E-state index in [1.54, 1.807) is 11.3 Å². The molecule has 0 saturated heterocycles. The van der Waals surface area contributed by atoms with Crippen molar-refractivity contribution in [3.05, 3.63) is 20.8 Å². The van der Waals surface area contributed by atoms with Crippen LogP contribution in [0.4, 0.5) is 0 Å². The zero-order valence-corrected chi connectivity index (χ0v) is 10.2. The third kappa shape index (κ3) is 2.31. The topological polar surface area (TPSA) is 46.2 Å². The first-order valence-electron chi connectivity index (χ1n) is 4.07. The SMILES string of the molecule is CC(C)(CO)C(N)c1cscc1Br. The lowest BCUT2D eigenvalue weighted by Gasteiger charge is -2.29. The number of halogens is 1. The molecule has 1 atom stereocenters. The predicted molar refractivity (Wildman–Crippen MR) is 59.8 cm³/mol. The van der Waals surface area contributed by atoms with Crippen molar-refractivity contribution in [3.63, 3.8) is 0 Å². The molecule has 0 aliphatic carbocycles. The van der Waals surface area contributed by atoms with E-state index in [0.29, 0.717) is 0 Å². The van der Waals surface area contributed by atoms with Crippen molar-refractivity contribution in [1.82, 2.24) is 0 Å². The van der Waals surface area contributed by atoms with Crippen LogP contribution >= 0.6 is 27.3 Å². The van der Waals surface area contributed by atoms with Crippen molar-refractivity contribution in [2.75, 3.05) is 6.61 Å². The molecule has 2 nitrogen and oxygen atoms in total. The van der Waals surface area contributed by atoms with Gasteiger partial charge in [0.2, 0.25) is 0 Å². The van der Waals surface area contributed by atoms with Gasteiger partial charge in [-0.2, -0.15) is 11.3 Å². The van der Waals surface area contributed by atoms with E-state index in [4.69, 9.17) is 10.8 Å². The van der Waals surface area contributed by atoms with Gasteiger partial charge in [-0.05, 0) is 26.9 Å². The van der Waals surface area contributed by atoms with Gasteiger partial charge in [0.25, 0.3) is 0 Å². The van der Waals surface area contributed by atoms with E-state index in [0.717, 1.165) is 10.0 Å². The van der Waals surface area contributed by atoms with Crippen molar-refractivity contribution < 1.29 is 5.11 Å². The average molecular weight is 264 g/mol. The maximum Gasteiger partial charge on any atom is 0.0500 e. The highest BCUT2D eigenvalue weighted by molar-refractivity contribution is 9.10. The summed E-state index contributed by atoms with van der Waals surface area (Å²) in [6, 6.07) is -0.127. The predicted octanol–water partition coefficient (Wildman–Crippen LogP) is 2.53. The van der Waals surface area contributed by atoms with Crippen LogP contribution in [-0.4, -0.2) is 11.7 Å². The Kier molecular flexibility index (Phi) is 3.51. The summed E-state index contributed by atoms with van der Waals surface area (Å²) >= 11 is 5.05. The number of hydrogen-bond acceptors (Lipinski definition) is 3. The van der Waals surface area contributed by atoms with Gasteiger partial charge in [-0.1, -0.05) is 13.8 Å². The molecule has 0 fully saturated rings. The van der Waals surface area contributed by atoms with Gasteiger partial charge in [-0.15, -0.1) is 0 Å². The Morgan fingerprint density at radius 1 is 1.62 bits per heavy atom. The summed E-state index contributed by atoms with van der Waals surface area (Å²) in [5, 5.41) is 13.2. The summed E-state index contributed by atoms with van der Waals surface area (Å²) < 4.78 is 1.03. The average Bonchev–Trinajstić information content (AvgIpc) is 2.50. The summed E-state index contributed by atoms with van der Waals surface area (Å²) in [6.45, 7) is 4.01. The van der Waals surface area contributed by atoms with Crippen molar-refractivity contribution in [3.8, 4) is 0 Å². The van der Waals surface area contributed by atoms with Gasteiger partial charge in [-0.3, -0.25) is 0 Å². The minimum Gasteiger partial charge on any atom is -0.396 e. The normalized spacial score (nSPS) is 14.5. The van der Waals surface area contributed by atoms with E-state index in [1.807, 2.05) is 24.6 Å². The van der Waals surface area contributed by atoms with Crippen molar-refractivity contribution >= 4 is 27.3 Å². The molecule has 1 aromatic rings. The minimum atomic E-state index is -0.274. The lowest BCUT2D eigenvalue weighted by atomic mass is 9.83. The lowest BCUT2D eigenvalue weighted by molar-refractivity contribution is 0.132. The molecule has 0 amide bonds. The van der Waals surface area contributed by atoms with Crippen LogP contribution in [0.1, 0.15) is 25.5 Å². The summed E-state index contributed by atoms with van der Waals surface area (Å²) in [5.41, 5.74) is 6.84. The Morgan fingerprint density at radius 3 is 2.62 bits per heavy atom. The molecular formula is C9H14BrNOS. The molecule has 4 heteroatoms. The summed E-state index contributed by atoms with van der Waals surface area (Å²) in [6.07, 6.45) is 0. The van der Waals surface area contributed by atoms with Crippen LogP contribution in [0.15, 0.2) is 15.2 Å². The van der Waals surface area contributed by atoms with E-state index < -0.39 is 0 Å². The summed E-state index contributed by atoms with van der Waals surface area (Å²) in [4.78, 5) is 0. The quantitative estimate of drug-likeness (QED) is 0.881. The van der Waals surface area contributed by atoms with Crippen molar-refractivity contribution in [1.29, 1.82) is 0 Å². The monoisotopic (exact) mass is 263 g/mol. The molecule has 0 spiro atoms. The first-order chi connectivity index (χ1) is 5.99. The van der Waals surface area contributed by atoms with Gasteiger partial charge < -0.3 is 10.8 Å². The van der Waals surface area contributed by atoms with E-state index in [1.165, 1.54) is 0 Å². The first kappa shape index (κ1) is 11.2. The van der Waals surface area contributed by atoms with Crippen LogP contribution in [0.3, 0.4) is 0 Å². The van der Waals surface area contributed by atoms with Crippen LogP contribution in [-0.2, 0) is 0 Å². The maximum absolute atomic E-state index is 9.16. The van der Waals surface area contributed by atoms with Gasteiger partial charge in [0, 0.05) is 27.9 Å². The summed E-state index contributed by atoms with van der Waals surface area (Å²) in [5.74, 6) is 0. The molecule has 0 bridgehead atoms. The molecule has 0 aromatic carbocycles. The largest absolute Gasteiger partial charge is 0.396 e. The zero-order chi connectivity index (χ0) is 10.1. The number of aliphatic hydroxyl groups excluding tert-OH is 1.